The molecule has 0 fully saturated rings. The average molecular weight is 428 g/mol. The smallest absolute Gasteiger partial charge is 0.224 e. The van der Waals surface area contributed by atoms with Crippen molar-refractivity contribution < 1.29 is 14.3 Å². The number of hydrogen-bond acceptors (Lipinski definition) is 5. The van der Waals surface area contributed by atoms with E-state index in [2.05, 4.69) is 5.32 Å². The number of benzene rings is 2. The number of rotatable bonds is 5. The lowest BCUT2D eigenvalue weighted by Gasteiger charge is -2.19. The number of carbonyl (C=O) groups is 1. The number of nitrogens with zero attached hydrogens (tertiary/aromatic N) is 3. The number of anilines is 1. The van der Waals surface area contributed by atoms with Crippen molar-refractivity contribution in [3.63, 3.8) is 0 Å². The van der Waals surface area contributed by atoms with E-state index < -0.39 is 0 Å². The number of ether oxygens (including phenoxy) is 2. The molecule has 0 spiro atoms. The summed E-state index contributed by atoms with van der Waals surface area (Å²) in [4.78, 5) is 17.3. The van der Waals surface area contributed by atoms with E-state index >= 15 is 0 Å². The lowest BCUT2D eigenvalue weighted by molar-refractivity contribution is -0.116. The highest BCUT2D eigenvalue weighted by atomic mass is 16.6. The highest BCUT2D eigenvalue weighted by Crippen LogP contribution is 2.32. The van der Waals surface area contributed by atoms with Crippen molar-refractivity contribution in [1.82, 2.24) is 14.6 Å². The Morgan fingerprint density at radius 1 is 1.03 bits per heavy atom. The minimum Gasteiger partial charge on any atom is -0.486 e. The van der Waals surface area contributed by atoms with Crippen molar-refractivity contribution in [2.75, 3.05) is 18.5 Å². The van der Waals surface area contributed by atoms with Gasteiger partial charge < -0.3 is 14.8 Å². The quantitative estimate of drug-likeness (QED) is 0.511. The summed E-state index contributed by atoms with van der Waals surface area (Å²) in [6, 6.07) is 17.5. The number of fused-ring (bicyclic) bond motifs is 2. The number of aromatic nitrogens is 3. The van der Waals surface area contributed by atoms with Crippen LogP contribution < -0.4 is 14.8 Å². The van der Waals surface area contributed by atoms with Gasteiger partial charge in [-0.25, -0.2) is 9.50 Å². The first-order valence-corrected chi connectivity index (χ1v) is 10.7. The molecule has 0 saturated carbocycles. The zero-order valence-electron chi connectivity index (χ0n) is 18.1. The van der Waals surface area contributed by atoms with Crippen LogP contribution in [0.15, 0.2) is 54.6 Å². The van der Waals surface area contributed by atoms with Gasteiger partial charge in [-0.2, -0.15) is 5.10 Å². The van der Waals surface area contributed by atoms with Crippen LogP contribution in [-0.4, -0.2) is 33.7 Å². The summed E-state index contributed by atoms with van der Waals surface area (Å²) in [7, 11) is 0. The second-order valence-electron chi connectivity index (χ2n) is 7.83. The molecule has 1 aliphatic rings. The molecule has 1 aliphatic heterocycles. The fourth-order valence-corrected chi connectivity index (χ4v) is 4.02. The second kappa shape index (κ2) is 8.34. The molecule has 2 aromatic heterocycles. The summed E-state index contributed by atoms with van der Waals surface area (Å²) in [6.07, 6.45) is 0.924. The molecule has 1 amide bonds. The van der Waals surface area contributed by atoms with E-state index in [-0.39, 0.29) is 5.91 Å². The molecule has 2 aromatic carbocycles. The van der Waals surface area contributed by atoms with E-state index in [9.17, 15) is 4.79 Å². The number of hydrogen-bond donors (Lipinski definition) is 1. The Morgan fingerprint density at radius 2 is 1.81 bits per heavy atom. The van der Waals surface area contributed by atoms with E-state index in [0.29, 0.717) is 43.2 Å². The van der Waals surface area contributed by atoms with E-state index in [1.807, 2.05) is 66.9 Å². The van der Waals surface area contributed by atoms with Crippen LogP contribution in [0.5, 0.6) is 11.5 Å². The summed E-state index contributed by atoms with van der Waals surface area (Å²) in [5, 5.41) is 7.69. The first kappa shape index (κ1) is 20.1. The van der Waals surface area contributed by atoms with Gasteiger partial charge in [0.25, 0.3) is 0 Å². The molecule has 32 heavy (non-hydrogen) atoms. The normalized spacial score (nSPS) is 12.7. The average Bonchev–Trinajstić information content (AvgIpc) is 3.24. The third-order valence-electron chi connectivity index (χ3n) is 5.66. The molecular weight excluding hydrogens is 404 g/mol. The molecule has 3 heterocycles. The number of amides is 1. The van der Waals surface area contributed by atoms with Crippen LogP contribution >= 0.6 is 0 Å². The van der Waals surface area contributed by atoms with Gasteiger partial charge in [-0.3, -0.25) is 4.79 Å². The Hall–Kier alpha value is -3.87. The van der Waals surface area contributed by atoms with Crippen LogP contribution in [0.25, 0.3) is 16.9 Å². The Kier molecular flexibility index (Phi) is 5.23. The molecule has 162 valence electrons. The maximum atomic E-state index is 12.6. The predicted molar refractivity (Wildman–Crippen MR) is 122 cm³/mol. The summed E-state index contributed by atoms with van der Waals surface area (Å²) in [5.74, 6) is 1.29. The largest absolute Gasteiger partial charge is 0.486 e. The van der Waals surface area contributed by atoms with E-state index in [1.165, 1.54) is 0 Å². The molecule has 1 N–H and O–H groups in total. The highest BCUT2D eigenvalue weighted by molar-refractivity contribution is 5.91. The minimum atomic E-state index is -0.0639. The minimum absolute atomic E-state index is 0.0639. The van der Waals surface area contributed by atoms with Crippen molar-refractivity contribution in [2.45, 2.75) is 26.7 Å². The van der Waals surface area contributed by atoms with Crippen LogP contribution in [0.1, 0.15) is 23.4 Å². The third-order valence-corrected chi connectivity index (χ3v) is 5.66. The van der Waals surface area contributed by atoms with Gasteiger partial charge in [-0.1, -0.05) is 30.3 Å². The topological polar surface area (TPSA) is 77.8 Å². The fourth-order valence-electron chi connectivity index (χ4n) is 4.02. The van der Waals surface area contributed by atoms with Crippen LogP contribution in [0.2, 0.25) is 0 Å². The number of carbonyl (C=O) groups excluding carboxylic acids is 1. The Balaban J connectivity index is 1.32. The molecule has 0 saturated heterocycles. The predicted octanol–water partition coefficient (Wildman–Crippen LogP) is 4.36. The van der Waals surface area contributed by atoms with Crippen LogP contribution in [0.3, 0.4) is 0 Å². The van der Waals surface area contributed by atoms with Crippen molar-refractivity contribution in [1.29, 1.82) is 0 Å². The van der Waals surface area contributed by atoms with Gasteiger partial charge in [-0.15, -0.1) is 0 Å². The molecule has 0 unspecified atom stereocenters. The van der Waals surface area contributed by atoms with Crippen LogP contribution in [0.4, 0.5) is 5.69 Å². The zero-order valence-corrected chi connectivity index (χ0v) is 18.1. The Morgan fingerprint density at radius 3 is 2.62 bits per heavy atom. The SMILES string of the molecule is Cc1nc2cc(-c3ccccc3)nn2c(C)c1CCC(=O)Nc1ccc2c(c1)OCCO2. The first-order chi connectivity index (χ1) is 15.6. The molecule has 0 radical (unpaired) electrons. The molecule has 0 atom stereocenters. The second-order valence-corrected chi connectivity index (χ2v) is 7.83. The van der Waals surface area contributed by atoms with Gasteiger partial charge in [0.15, 0.2) is 17.1 Å². The van der Waals surface area contributed by atoms with E-state index in [4.69, 9.17) is 19.6 Å². The summed E-state index contributed by atoms with van der Waals surface area (Å²) in [6.45, 7) is 5.06. The first-order valence-electron chi connectivity index (χ1n) is 10.7. The van der Waals surface area contributed by atoms with E-state index in [0.717, 1.165) is 33.9 Å². The van der Waals surface area contributed by atoms with E-state index in [1.54, 1.807) is 6.07 Å². The molecule has 5 rings (SSSR count). The number of nitrogens with one attached hydrogen (secondary N) is 1. The van der Waals surface area contributed by atoms with Crippen molar-refractivity contribution in [2.24, 2.45) is 0 Å². The van der Waals surface area contributed by atoms with Crippen molar-refractivity contribution in [3.8, 4) is 22.8 Å². The standard InChI is InChI=1S/C25H24N4O3/c1-16-20(9-11-25(30)27-19-8-10-22-23(14-19)32-13-12-31-22)17(2)29-24(26-16)15-21(28-29)18-6-4-3-5-7-18/h3-8,10,14-15H,9,11-13H2,1-2H3,(H,27,30). The third kappa shape index (κ3) is 3.89. The fraction of sp³-hybridized carbons (Fsp3) is 0.240. The van der Waals surface area contributed by atoms with Gasteiger partial charge in [0.1, 0.15) is 13.2 Å². The van der Waals surface area contributed by atoms with Crippen LogP contribution in [-0.2, 0) is 11.2 Å². The molecule has 4 aromatic rings. The van der Waals surface area contributed by atoms with Crippen molar-refractivity contribution >= 4 is 17.2 Å². The molecular formula is C25H24N4O3. The van der Waals surface area contributed by atoms with Crippen molar-refractivity contribution in [3.05, 3.63) is 71.5 Å². The van der Waals surface area contributed by atoms with Gasteiger partial charge in [0, 0.05) is 41.2 Å². The molecule has 0 bridgehead atoms. The summed E-state index contributed by atoms with van der Waals surface area (Å²) >= 11 is 0. The van der Waals surface area contributed by atoms with Gasteiger partial charge in [0.05, 0.1) is 5.69 Å². The Labute approximate surface area is 186 Å². The zero-order chi connectivity index (χ0) is 22.1. The maximum absolute atomic E-state index is 12.6. The van der Waals surface area contributed by atoms with Crippen LogP contribution in [0, 0.1) is 13.8 Å². The lowest BCUT2D eigenvalue weighted by Crippen LogP contribution is -2.17. The Bertz CT molecular complexity index is 1300. The summed E-state index contributed by atoms with van der Waals surface area (Å²) < 4.78 is 13.0. The summed E-state index contributed by atoms with van der Waals surface area (Å²) in [5.41, 5.74) is 6.40. The molecule has 0 aliphatic carbocycles. The number of aryl methyl sites for hydroxylation is 2. The lowest BCUT2D eigenvalue weighted by atomic mass is 10.1. The van der Waals surface area contributed by atoms with Gasteiger partial charge >= 0.3 is 0 Å². The molecule has 7 nitrogen and oxygen atoms in total. The monoisotopic (exact) mass is 428 g/mol. The highest BCUT2D eigenvalue weighted by Gasteiger charge is 2.16. The molecule has 7 heteroatoms. The van der Waals surface area contributed by atoms with Gasteiger partial charge in [0.2, 0.25) is 5.91 Å². The maximum Gasteiger partial charge on any atom is 0.224 e. The van der Waals surface area contributed by atoms with Gasteiger partial charge in [-0.05, 0) is 38.0 Å².